The molecule has 256 valence electrons. The van der Waals surface area contributed by atoms with Gasteiger partial charge in [-0.25, -0.2) is 4.79 Å². The van der Waals surface area contributed by atoms with Crippen molar-refractivity contribution in [3.05, 3.63) is 6.58 Å². The van der Waals surface area contributed by atoms with Crippen LogP contribution in [0.2, 0.25) is 0 Å². The summed E-state index contributed by atoms with van der Waals surface area (Å²) < 4.78 is 26.6. The molecule has 0 spiro atoms. The van der Waals surface area contributed by atoms with Crippen molar-refractivity contribution in [2.24, 2.45) is 23.7 Å². The van der Waals surface area contributed by atoms with Crippen LogP contribution in [0.4, 0.5) is 0 Å². The van der Waals surface area contributed by atoms with Crippen molar-refractivity contribution >= 4 is 29.8 Å². The van der Waals surface area contributed by atoms with Crippen LogP contribution in [-0.4, -0.2) is 82.5 Å². The number of rotatable bonds is 5. The Bertz CT molecular complexity index is 829. The van der Waals surface area contributed by atoms with Crippen LogP contribution in [-0.2, 0) is 47.7 Å². The van der Waals surface area contributed by atoms with E-state index < -0.39 is 48.7 Å². The highest BCUT2D eigenvalue weighted by molar-refractivity contribution is 5.67. The Kier molecular flexibility index (Phi) is 29.5. The smallest absolute Gasteiger partial charge is 0.305 e. The molecule has 0 bridgehead atoms. The molecule has 2 saturated heterocycles. The Morgan fingerprint density at radius 1 is 0.721 bits per heavy atom. The molecular formula is C28H50F2O13-2. The molecule has 0 aromatic heterocycles. The molecule has 0 amide bonds. The van der Waals surface area contributed by atoms with Crippen LogP contribution in [0.3, 0.4) is 0 Å². The largest absolute Gasteiger partial charge is 1.00 e. The van der Waals surface area contributed by atoms with Gasteiger partial charge in [0.1, 0.15) is 12.0 Å². The van der Waals surface area contributed by atoms with Gasteiger partial charge < -0.3 is 48.8 Å². The quantitative estimate of drug-likeness (QED) is 0.172. The first kappa shape index (κ1) is 49.7. The van der Waals surface area contributed by atoms with Gasteiger partial charge in [-0.15, -0.1) is 0 Å². The summed E-state index contributed by atoms with van der Waals surface area (Å²) in [5.41, 5.74) is 0. The third kappa shape index (κ3) is 19.0. The molecule has 43 heavy (non-hydrogen) atoms. The Labute approximate surface area is 252 Å². The zero-order chi connectivity index (χ0) is 31.7. The molecule has 4 N–H and O–H groups in total. The number of halogens is 2. The van der Waals surface area contributed by atoms with Crippen LogP contribution < -0.4 is 9.41 Å². The van der Waals surface area contributed by atoms with Crippen molar-refractivity contribution in [3.8, 4) is 0 Å². The second kappa shape index (κ2) is 25.5. The molecule has 2 aliphatic rings. The first-order chi connectivity index (χ1) is 18.5. The van der Waals surface area contributed by atoms with E-state index in [1.165, 1.54) is 26.7 Å². The second-order valence-corrected chi connectivity index (χ2v) is 9.79. The number of hydrogen-bond donors (Lipinski definition) is 2. The number of esters is 3. The fourth-order valence-electron chi connectivity index (χ4n) is 4.34. The zero-order valence-electron chi connectivity index (χ0n) is 26.6. The van der Waals surface area contributed by atoms with Crippen LogP contribution in [0.1, 0.15) is 82.1 Å². The summed E-state index contributed by atoms with van der Waals surface area (Å²) in [5, 5.41) is 17.3. The normalized spacial score (nSPS) is 30.2. The first-order valence-electron chi connectivity index (χ1n) is 13.3. The van der Waals surface area contributed by atoms with Gasteiger partial charge in [-0.05, 0) is 37.2 Å². The van der Waals surface area contributed by atoms with Crippen LogP contribution >= 0.6 is 0 Å². The molecule has 13 nitrogen and oxygen atoms in total. The standard InChI is InChI=1S/C13H22O5.C11H20O4.C2H4O2.C2H2O.2FH.H2O/c1-6-11-7(2)8(3)12(16-9(4)14)13(18-11)17-10(5)15;1-5-9-6(2)7(3)10(13)11(15-9)14-8(4)12;1-2(3)4;1-2-3;;;/h7-8,11-13H,6H2,1-5H3;6-7,9-11,13H,5H2,1-4H3;1H3,(H,3,4);1H2;2*1H;1H2/p-2/t7-,8-,11?,12?,13+;6-,7-,9?,10?,11+;;;;;/m00...../s1. The van der Waals surface area contributed by atoms with Crippen molar-refractivity contribution < 1.29 is 72.8 Å². The lowest BCUT2D eigenvalue weighted by Crippen LogP contribution is -3.00. The van der Waals surface area contributed by atoms with E-state index in [4.69, 9.17) is 38.4 Å². The fourth-order valence-corrected chi connectivity index (χ4v) is 4.34. The van der Waals surface area contributed by atoms with E-state index in [0.29, 0.717) is 0 Å². The average molecular weight is 633 g/mol. The molecule has 2 heterocycles. The number of hydrogen-bond acceptors (Lipinski definition) is 11. The number of carbonyl (C=O) groups is 4. The molecule has 4 unspecified atom stereocenters. The van der Waals surface area contributed by atoms with Crippen LogP contribution in [0, 0.1) is 23.7 Å². The van der Waals surface area contributed by atoms with E-state index in [-0.39, 0.29) is 50.8 Å². The van der Waals surface area contributed by atoms with Gasteiger partial charge in [-0.2, -0.15) is 0 Å². The monoisotopic (exact) mass is 632 g/mol. The predicted molar refractivity (Wildman–Crippen MR) is 148 cm³/mol. The Morgan fingerprint density at radius 3 is 1.35 bits per heavy atom. The number of aliphatic hydroxyl groups excluding tert-OH is 1. The van der Waals surface area contributed by atoms with Crippen molar-refractivity contribution in [2.45, 2.75) is 119 Å². The van der Waals surface area contributed by atoms with Gasteiger partial charge in [0.2, 0.25) is 12.6 Å². The van der Waals surface area contributed by atoms with Crippen molar-refractivity contribution in [2.75, 3.05) is 0 Å². The maximum atomic E-state index is 11.1. The van der Waals surface area contributed by atoms with E-state index in [9.17, 15) is 19.5 Å². The maximum Gasteiger partial charge on any atom is 0.305 e. The van der Waals surface area contributed by atoms with Crippen LogP contribution in [0.25, 0.3) is 0 Å². The van der Waals surface area contributed by atoms with E-state index in [1.54, 1.807) is 0 Å². The zero-order valence-corrected chi connectivity index (χ0v) is 26.6. The summed E-state index contributed by atoms with van der Waals surface area (Å²) >= 11 is 0. The molecular weight excluding hydrogens is 582 g/mol. The minimum Gasteiger partial charge on any atom is -1.00 e. The predicted octanol–water partition coefficient (Wildman–Crippen LogP) is -3.52. The fraction of sp³-hybridized carbons (Fsp3) is 0.786. The highest BCUT2D eigenvalue weighted by atomic mass is 19.0. The topological polar surface area (TPSA) is 203 Å². The molecule has 2 aliphatic heterocycles. The molecule has 15 heteroatoms. The molecule has 0 aromatic carbocycles. The van der Waals surface area contributed by atoms with Crippen LogP contribution in [0.15, 0.2) is 6.58 Å². The Morgan fingerprint density at radius 2 is 1.02 bits per heavy atom. The van der Waals surface area contributed by atoms with Crippen molar-refractivity contribution in [1.82, 2.24) is 0 Å². The number of carbonyl (C=O) groups excluding carboxylic acids is 4. The van der Waals surface area contributed by atoms with Gasteiger partial charge >= 0.3 is 17.9 Å². The molecule has 0 saturated carbocycles. The van der Waals surface area contributed by atoms with Crippen molar-refractivity contribution in [1.29, 1.82) is 0 Å². The molecule has 2 rings (SSSR count). The number of carboxylic acid groups (broad SMARTS) is 1. The molecule has 0 aromatic rings. The number of aliphatic hydroxyl groups is 1. The minimum atomic E-state index is -0.833. The maximum absolute atomic E-state index is 11.1. The lowest BCUT2D eigenvalue weighted by atomic mass is 9.82. The van der Waals surface area contributed by atoms with Gasteiger partial charge in [-0.1, -0.05) is 41.5 Å². The van der Waals surface area contributed by atoms with E-state index in [0.717, 1.165) is 19.8 Å². The second-order valence-electron chi connectivity index (χ2n) is 9.79. The lowest BCUT2D eigenvalue weighted by molar-refractivity contribution is -0.266. The SMILES string of the molecule is C=C=O.CC(=O)O.CCC1O[C@@H](OC(C)=O)C(O)[C@@H](C)[C@@H]1C.CCC1O[C@@H](OC(C)=O)C(OC(C)=O)[C@@H](C)[C@@H]1C.O.[F-].[F-]. The third-order valence-corrected chi connectivity index (χ3v) is 6.72. The summed E-state index contributed by atoms with van der Waals surface area (Å²) in [6.07, 6.45) is -1.13. The molecule has 0 radical (unpaired) electrons. The van der Waals surface area contributed by atoms with Gasteiger partial charge in [0, 0.05) is 33.6 Å². The van der Waals surface area contributed by atoms with Crippen LogP contribution in [0.5, 0.6) is 0 Å². The molecule has 2 fully saturated rings. The van der Waals surface area contributed by atoms with E-state index >= 15 is 0 Å². The van der Waals surface area contributed by atoms with Crippen molar-refractivity contribution in [3.63, 3.8) is 0 Å². The van der Waals surface area contributed by atoms with E-state index in [1.807, 2.05) is 34.6 Å². The van der Waals surface area contributed by atoms with Gasteiger partial charge in [0.25, 0.3) is 5.97 Å². The Balaban J connectivity index is -0.000000175. The summed E-state index contributed by atoms with van der Waals surface area (Å²) in [6.45, 7) is 19.8. The first-order valence-corrected chi connectivity index (χ1v) is 13.3. The third-order valence-electron chi connectivity index (χ3n) is 6.72. The summed E-state index contributed by atoms with van der Waals surface area (Å²) in [6, 6.07) is 0. The van der Waals surface area contributed by atoms with Gasteiger partial charge in [-0.3, -0.25) is 19.2 Å². The van der Waals surface area contributed by atoms with Gasteiger partial charge in [0.15, 0.2) is 6.10 Å². The highest BCUT2D eigenvalue weighted by Crippen LogP contribution is 2.35. The van der Waals surface area contributed by atoms with Gasteiger partial charge in [0.05, 0.1) is 12.2 Å². The summed E-state index contributed by atoms with van der Waals surface area (Å²) in [5.74, 6) is -0.160. The lowest BCUT2D eigenvalue weighted by Gasteiger charge is -2.43. The summed E-state index contributed by atoms with van der Waals surface area (Å²) in [7, 11) is 0. The Hall–Kier alpha value is -2.97. The highest BCUT2D eigenvalue weighted by Gasteiger charge is 2.44. The average Bonchev–Trinajstić information content (AvgIpc) is 2.84. The van der Waals surface area contributed by atoms with E-state index in [2.05, 4.69) is 13.5 Å². The number of ether oxygens (including phenoxy) is 5. The number of aliphatic carboxylic acids is 1. The summed E-state index contributed by atoms with van der Waals surface area (Å²) in [4.78, 5) is 50.6. The molecule has 0 aliphatic carbocycles. The molecule has 10 atom stereocenters. The number of carboxylic acids is 1. The minimum absolute atomic E-state index is 0.